The fraction of sp³-hybridized carbons (Fsp3) is 0.562. The summed E-state index contributed by atoms with van der Waals surface area (Å²) in [7, 11) is 0. The summed E-state index contributed by atoms with van der Waals surface area (Å²) in [6.45, 7) is 3.61. The van der Waals surface area contributed by atoms with Gasteiger partial charge in [0.25, 0.3) is 0 Å². The van der Waals surface area contributed by atoms with Crippen LogP contribution in [0.3, 0.4) is 0 Å². The summed E-state index contributed by atoms with van der Waals surface area (Å²) in [5, 5.41) is 0.717. The summed E-state index contributed by atoms with van der Waals surface area (Å²) in [5.74, 6) is 0.734. The largest absolute Gasteiger partial charge is 0.339 e. The highest BCUT2D eigenvalue weighted by Gasteiger charge is 2.54. The summed E-state index contributed by atoms with van der Waals surface area (Å²) in [5.41, 5.74) is 6.58. The molecule has 0 spiro atoms. The lowest BCUT2D eigenvalue weighted by molar-refractivity contribution is -0.134. The first-order valence-electron chi connectivity index (χ1n) is 7.34. The van der Waals surface area contributed by atoms with E-state index in [1.165, 1.54) is 0 Å². The monoisotopic (exact) mass is 328 g/mol. The molecule has 1 amide bonds. The number of nitrogens with zero attached hydrogens (tertiary/aromatic N) is 1. The number of hydrogen-bond acceptors (Lipinski definition) is 2. The summed E-state index contributed by atoms with van der Waals surface area (Å²) < 4.78 is 0. The Kier molecular flexibility index (Phi) is 4.86. The summed E-state index contributed by atoms with van der Waals surface area (Å²) in [4.78, 5) is 15.0. The van der Waals surface area contributed by atoms with Crippen molar-refractivity contribution in [1.29, 1.82) is 0 Å². The zero-order valence-electron chi connectivity index (χ0n) is 12.2. The van der Waals surface area contributed by atoms with Gasteiger partial charge in [0.2, 0.25) is 5.91 Å². The quantitative estimate of drug-likeness (QED) is 0.927. The SMILES string of the molecule is CC1CC(CN)CN1C(=O)C1(c2ccc(Cl)cc2)CC1.Cl. The average Bonchev–Trinajstić information content (AvgIpc) is 3.17. The molecule has 1 aromatic carbocycles. The van der Waals surface area contributed by atoms with E-state index in [1.54, 1.807) is 0 Å². The zero-order chi connectivity index (χ0) is 14.3. The van der Waals surface area contributed by atoms with Crippen molar-refractivity contribution in [3.05, 3.63) is 34.9 Å². The molecule has 1 aliphatic carbocycles. The molecule has 1 aromatic rings. The highest BCUT2D eigenvalue weighted by Crippen LogP contribution is 2.50. The molecule has 2 atom stereocenters. The molecule has 1 saturated heterocycles. The van der Waals surface area contributed by atoms with E-state index in [0.29, 0.717) is 18.5 Å². The van der Waals surface area contributed by atoms with Crippen molar-refractivity contribution >= 4 is 29.9 Å². The van der Waals surface area contributed by atoms with Crippen molar-refractivity contribution in [2.45, 2.75) is 37.6 Å². The van der Waals surface area contributed by atoms with Gasteiger partial charge >= 0.3 is 0 Å². The van der Waals surface area contributed by atoms with Gasteiger partial charge in [0.1, 0.15) is 0 Å². The number of amides is 1. The Morgan fingerprint density at radius 1 is 1.38 bits per heavy atom. The maximum absolute atomic E-state index is 12.9. The molecule has 0 aromatic heterocycles. The lowest BCUT2D eigenvalue weighted by atomic mass is 9.94. The molecule has 0 bridgehead atoms. The Hall–Kier alpha value is -0.770. The van der Waals surface area contributed by atoms with Crippen LogP contribution in [0.5, 0.6) is 0 Å². The van der Waals surface area contributed by atoms with Gasteiger partial charge in [0, 0.05) is 17.6 Å². The highest BCUT2D eigenvalue weighted by atomic mass is 35.5. The molecule has 2 aliphatic rings. The van der Waals surface area contributed by atoms with E-state index in [0.717, 1.165) is 36.4 Å². The van der Waals surface area contributed by atoms with Crippen LogP contribution in [0.25, 0.3) is 0 Å². The standard InChI is InChI=1S/C16H21ClN2O.ClH/c1-11-8-12(9-18)10-19(11)15(20)16(6-7-16)13-2-4-14(17)5-3-13;/h2-5,11-12H,6-10,18H2,1H3;1H. The molecule has 0 radical (unpaired) electrons. The number of hydrogen-bond donors (Lipinski definition) is 1. The minimum absolute atomic E-state index is 0. The van der Waals surface area contributed by atoms with Crippen molar-refractivity contribution in [2.75, 3.05) is 13.1 Å². The second kappa shape index (κ2) is 6.15. The van der Waals surface area contributed by atoms with Crippen LogP contribution in [-0.2, 0) is 10.2 Å². The molecule has 1 saturated carbocycles. The Balaban J connectivity index is 0.00000161. The van der Waals surface area contributed by atoms with Crippen LogP contribution >= 0.6 is 24.0 Å². The highest BCUT2D eigenvalue weighted by molar-refractivity contribution is 6.30. The van der Waals surface area contributed by atoms with Crippen LogP contribution < -0.4 is 5.73 Å². The van der Waals surface area contributed by atoms with Crippen LogP contribution in [-0.4, -0.2) is 29.9 Å². The first-order valence-corrected chi connectivity index (χ1v) is 7.72. The lowest BCUT2D eigenvalue weighted by Gasteiger charge is -2.27. The van der Waals surface area contributed by atoms with Crippen LogP contribution in [0.15, 0.2) is 24.3 Å². The Labute approximate surface area is 137 Å². The minimum atomic E-state index is -0.289. The minimum Gasteiger partial charge on any atom is -0.339 e. The van der Waals surface area contributed by atoms with Crippen LogP contribution in [0.1, 0.15) is 31.7 Å². The Bertz CT molecular complexity index is 514. The van der Waals surface area contributed by atoms with Crippen LogP contribution in [0, 0.1) is 5.92 Å². The van der Waals surface area contributed by atoms with E-state index in [1.807, 2.05) is 29.2 Å². The zero-order valence-corrected chi connectivity index (χ0v) is 13.8. The number of carbonyl (C=O) groups excluding carboxylic acids is 1. The molecule has 116 valence electrons. The van der Waals surface area contributed by atoms with E-state index in [2.05, 4.69) is 6.92 Å². The molecule has 3 nitrogen and oxygen atoms in total. The van der Waals surface area contributed by atoms with Gasteiger partial charge in [-0.3, -0.25) is 4.79 Å². The summed E-state index contributed by atoms with van der Waals surface area (Å²) >= 11 is 5.94. The third kappa shape index (κ3) is 2.92. The third-order valence-corrected chi connectivity index (χ3v) is 5.06. The topological polar surface area (TPSA) is 46.3 Å². The van der Waals surface area contributed by atoms with E-state index in [4.69, 9.17) is 17.3 Å². The summed E-state index contributed by atoms with van der Waals surface area (Å²) in [6.07, 6.45) is 2.92. The van der Waals surface area contributed by atoms with E-state index >= 15 is 0 Å². The van der Waals surface area contributed by atoms with Gasteiger partial charge in [-0.25, -0.2) is 0 Å². The van der Waals surface area contributed by atoms with E-state index in [-0.39, 0.29) is 23.7 Å². The number of nitrogens with two attached hydrogens (primary N) is 1. The second-order valence-corrected chi connectivity index (χ2v) is 6.67. The molecule has 5 heteroatoms. The van der Waals surface area contributed by atoms with Crippen molar-refractivity contribution in [2.24, 2.45) is 11.7 Å². The van der Waals surface area contributed by atoms with Crippen molar-refractivity contribution in [3.63, 3.8) is 0 Å². The van der Waals surface area contributed by atoms with Crippen molar-refractivity contribution < 1.29 is 4.79 Å². The molecule has 2 N–H and O–H groups in total. The predicted octanol–water partition coefficient (Wildman–Crippen LogP) is 2.99. The first-order chi connectivity index (χ1) is 9.56. The molecule has 2 unspecified atom stereocenters. The molecular formula is C16H22Cl2N2O. The van der Waals surface area contributed by atoms with Gasteiger partial charge in [0.15, 0.2) is 0 Å². The molecule has 3 rings (SSSR count). The van der Waals surface area contributed by atoms with Gasteiger partial charge in [-0.15, -0.1) is 12.4 Å². The first kappa shape index (κ1) is 16.6. The van der Waals surface area contributed by atoms with Crippen LogP contribution in [0.2, 0.25) is 5.02 Å². The fourth-order valence-corrected chi connectivity index (χ4v) is 3.52. The Morgan fingerprint density at radius 3 is 2.48 bits per heavy atom. The van der Waals surface area contributed by atoms with Crippen molar-refractivity contribution in [1.82, 2.24) is 4.90 Å². The van der Waals surface area contributed by atoms with Gasteiger partial charge < -0.3 is 10.6 Å². The number of halogens is 2. The average molecular weight is 329 g/mol. The van der Waals surface area contributed by atoms with E-state index in [9.17, 15) is 4.79 Å². The lowest BCUT2D eigenvalue weighted by Crippen LogP contribution is -2.41. The Morgan fingerprint density at radius 2 is 2.00 bits per heavy atom. The van der Waals surface area contributed by atoms with E-state index < -0.39 is 0 Å². The smallest absolute Gasteiger partial charge is 0.233 e. The molecule has 1 heterocycles. The van der Waals surface area contributed by atoms with Gasteiger partial charge in [0.05, 0.1) is 5.41 Å². The van der Waals surface area contributed by atoms with Crippen molar-refractivity contribution in [3.8, 4) is 0 Å². The number of carbonyl (C=O) groups is 1. The fourth-order valence-electron chi connectivity index (χ4n) is 3.39. The van der Waals surface area contributed by atoms with Gasteiger partial charge in [-0.1, -0.05) is 23.7 Å². The van der Waals surface area contributed by atoms with Gasteiger partial charge in [-0.2, -0.15) is 0 Å². The molecule has 21 heavy (non-hydrogen) atoms. The molecular weight excluding hydrogens is 307 g/mol. The predicted molar refractivity (Wildman–Crippen MR) is 87.9 cm³/mol. The number of likely N-dealkylation sites (tertiary alicyclic amines) is 1. The normalized spacial score (nSPS) is 26.3. The number of benzene rings is 1. The van der Waals surface area contributed by atoms with Crippen LogP contribution in [0.4, 0.5) is 0 Å². The maximum Gasteiger partial charge on any atom is 0.233 e. The molecule has 2 fully saturated rings. The second-order valence-electron chi connectivity index (χ2n) is 6.23. The summed E-state index contributed by atoms with van der Waals surface area (Å²) in [6, 6.07) is 8.05. The molecule has 1 aliphatic heterocycles. The third-order valence-electron chi connectivity index (χ3n) is 4.81. The number of rotatable bonds is 3. The maximum atomic E-state index is 12.9. The van der Waals surface area contributed by atoms with Gasteiger partial charge in [-0.05, 0) is 56.3 Å².